The average Bonchev–Trinajstić information content (AvgIpc) is 2.92. The van der Waals surface area contributed by atoms with E-state index in [0.29, 0.717) is 80.3 Å². The molecule has 1 atom stereocenters. The number of carbonyl (C=O) groups excluding carboxylic acids is 2. The molecule has 2 aliphatic rings. The lowest BCUT2D eigenvalue weighted by molar-refractivity contribution is -0.139. The maximum absolute atomic E-state index is 13.5. The van der Waals surface area contributed by atoms with Gasteiger partial charge in [0.25, 0.3) is 5.91 Å². The van der Waals surface area contributed by atoms with Crippen molar-refractivity contribution in [1.82, 2.24) is 9.80 Å². The van der Waals surface area contributed by atoms with Crippen LogP contribution in [0.25, 0.3) is 0 Å². The van der Waals surface area contributed by atoms with Crippen molar-refractivity contribution in [2.75, 3.05) is 60.2 Å². The summed E-state index contributed by atoms with van der Waals surface area (Å²) in [4.78, 5) is 30.5. The van der Waals surface area contributed by atoms with E-state index in [0.717, 1.165) is 12.8 Å². The normalized spacial score (nSPS) is 20.1. The van der Waals surface area contributed by atoms with Gasteiger partial charge in [0, 0.05) is 48.6 Å². The smallest absolute Gasteiger partial charge is 0.254 e. The van der Waals surface area contributed by atoms with E-state index >= 15 is 0 Å². The number of morpholine rings is 1. The van der Waals surface area contributed by atoms with Crippen LogP contribution < -0.4 is 14.2 Å². The van der Waals surface area contributed by atoms with Crippen LogP contribution in [-0.4, -0.2) is 81.8 Å². The first-order valence-corrected chi connectivity index (χ1v) is 12.6. The molecule has 4 rings (SSSR count). The lowest BCUT2D eigenvalue weighted by Gasteiger charge is -2.43. The molecule has 0 N–H and O–H groups in total. The molecule has 8 nitrogen and oxygen atoms in total. The number of halogens is 1. The van der Waals surface area contributed by atoms with Crippen molar-refractivity contribution < 1.29 is 28.5 Å². The number of benzene rings is 2. The molecule has 0 spiro atoms. The fourth-order valence-corrected chi connectivity index (χ4v) is 4.98. The molecule has 0 radical (unpaired) electrons. The van der Waals surface area contributed by atoms with Crippen molar-refractivity contribution in [3.05, 3.63) is 53.1 Å². The molecule has 2 aromatic carbocycles. The molecule has 194 valence electrons. The second kappa shape index (κ2) is 11.8. The minimum absolute atomic E-state index is 0.0680. The highest BCUT2D eigenvalue weighted by Gasteiger charge is 2.41. The summed E-state index contributed by atoms with van der Waals surface area (Å²) in [6, 6.07) is 12.3. The molecule has 2 aromatic rings. The number of rotatable bonds is 8. The maximum Gasteiger partial charge on any atom is 0.254 e. The van der Waals surface area contributed by atoms with Crippen LogP contribution >= 0.6 is 11.6 Å². The number of amides is 2. The third-order valence-corrected chi connectivity index (χ3v) is 7.08. The highest BCUT2D eigenvalue weighted by atomic mass is 35.5. The Labute approximate surface area is 217 Å². The number of methoxy groups -OCH3 is 2. The standard InChI is InChI=1S/C27H33ClN2O6/c1-33-23-9-4-20(16-24(23)34-2)26(32)30-11-3-10-27(18-30,17-25(31)29-12-14-35-15-13-29)19-36-22-7-5-21(28)6-8-22/h4-9,16H,3,10-15,17-19H2,1-2H3/t27-/m0/s1. The molecule has 2 heterocycles. The molecule has 0 saturated carbocycles. The molecule has 36 heavy (non-hydrogen) atoms. The van der Waals surface area contributed by atoms with Crippen LogP contribution in [0, 0.1) is 5.41 Å². The maximum atomic E-state index is 13.5. The van der Waals surface area contributed by atoms with Crippen molar-refractivity contribution in [2.24, 2.45) is 5.41 Å². The van der Waals surface area contributed by atoms with Gasteiger partial charge in [-0.1, -0.05) is 11.6 Å². The predicted octanol–water partition coefficient (Wildman–Crippen LogP) is 3.91. The van der Waals surface area contributed by atoms with Gasteiger partial charge in [-0.05, 0) is 55.3 Å². The zero-order chi connectivity index (χ0) is 25.5. The second-order valence-electron chi connectivity index (χ2n) is 9.31. The quantitative estimate of drug-likeness (QED) is 0.529. The number of nitrogens with zero attached hydrogens (tertiary/aromatic N) is 2. The number of ether oxygens (including phenoxy) is 4. The molecule has 0 aliphatic carbocycles. The van der Waals surface area contributed by atoms with Gasteiger partial charge in [0.1, 0.15) is 5.75 Å². The van der Waals surface area contributed by atoms with Crippen LogP contribution in [0.1, 0.15) is 29.6 Å². The molecule has 2 saturated heterocycles. The molecule has 0 aromatic heterocycles. The van der Waals surface area contributed by atoms with Crippen molar-refractivity contribution in [3.63, 3.8) is 0 Å². The van der Waals surface area contributed by atoms with Gasteiger partial charge in [-0.25, -0.2) is 0 Å². The molecule has 2 fully saturated rings. The summed E-state index contributed by atoms with van der Waals surface area (Å²) in [5.41, 5.74) is 0.000953. The number of hydrogen-bond donors (Lipinski definition) is 0. The van der Waals surface area contributed by atoms with Crippen molar-refractivity contribution in [3.8, 4) is 17.2 Å². The fourth-order valence-electron chi connectivity index (χ4n) is 4.86. The highest BCUT2D eigenvalue weighted by Crippen LogP contribution is 2.37. The van der Waals surface area contributed by atoms with E-state index in [1.165, 1.54) is 0 Å². The molecule has 0 bridgehead atoms. The Kier molecular flexibility index (Phi) is 8.59. The summed E-state index contributed by atoms with van der Waals surface area (Å²) < 4.78 is 22.3. The Balaban J connectivity index is 1.54. The lowest BCUT2D eigenvalue weighted by Crippen LogP contribution is -2.52. The zero-order valence-corrected chi connectivity index (χ0v) is 21.6. The van der Waals surface area contributed by atoms with Crippen LogP contribution in [0.15, 0.2) is 42.5 Å². The van der Waals surface area contributed by atoms with Crippen molar-refractivity contribution >= 4 is 23.4 Å². The number of carbonyl (C=O) groups is 2. The molecule has 2 aliphatic heterocycles. The average molecular weight is 517 g/mol. The van der Waals surface area contributed by atoms with Crippen LogP contribution in [-0.2, 0) is 9.53 Å². The van der Waals surface area contributed by atoms with Gasteiger partial charge in [-0.3, -0.25) is 9.59 Å². The molecule has 2 amide bonds. The first kappa shape index (κ1) is 26.1. The number of hydrogen-bond acceptors (Lipinski definition) is 6. The summed E-state index contributed by atoms with van der Waals surface area (Å²) in [7, 11) is 3.11. The predicted molar refractivity (Wildman–Crippen MR) is 136 cm³/mol. The van der Waals surface area contributed by atoms with Gasteiger partial charge in [0.05, 0.1) is 34.0 Å². The summed E-state index contributed by atoms with van der Waals surface area (Å²) in [5, 5.41) is 0.629. The lowest BCUT2D eigenvalue weighted by atomic mass is 9.77. The van der Waals surface area contributed by atoms with Crippen LogP contribution in [0.4, 0.5) is 0 Å². The van der Waals surface area contributed by atoms with Gasteiger partial charge < -0.3 is 28.7 Å². The Morgan fingerprint density at radius 1 is 0.972 bits per heavy atom. The van der Waals surface area contributed by atoms with Crippen molar-refractivity contribution in [2.45, 2.75) is 19.3 Å². The monoisotopic (exact) mass is 516 g/mol. The summed E-state index contributed by atoms with van der Waals surface area (Å²) in [5.74, 6) is 1.71. The second-order valence-corrected chi connectivity index (χ2v) is 9.75. The SMILES string of the molecule is COc1ccc(C(=O)N2CCC[C@](COc3ccc(Cl)cc3)(CC(=O)N3CCOCC3)C2)cc1OC. The first-order chi connectivity index (χ1) is 17.4. The van der Waals surface area contributed by atoms with Gasteiger partial charge in [-0.2, -0.15) is 0 Å². The number of likely N-dealkylation sites (tertiary alicyclic amines) is 1. The van der Waals surface area contributed by atoms with E-state index in [1.807, 2.05) is 21.9 Å². The van der Waals surface area contributed by atoms with Crippen molar-refractivity contribution in [1.29, 1.82) is 0 Å². The first-order valence-electron chi connectivity index (χ1n) is 12.2. The van der Waals surface area contributed by atoms with Crippen LogP contribution in [0.5, 0.6) is 17.2 Å². The summed E-state index contributed by atoms with van der Waals surface area (Å²) >= 11 is 6.02. The molecule has 9 heteroatoms. The van der Waals surface area contributed by atoms with E-state index in [4.69, 9.17) is 30.5 Å². The zero-order valence-electron chi connectivity index (χ0n) is 20.8. The van der Waals surface area contributed by atoms with E-state index in [2.05, 4.69) is 0 Å². The topological polar surface area (TPSA) is 77.5 Å². The van der Waals surface area contributed by atoms with E-state index in [-0.39, 0.29) is 11.8 Å². The highest BCUT2D eigenvalue weighted by molar-refractivity contribution is 6.30. The van der Waals surface area contributed by atoms with E-state index in [9.17, 15) is 9.59 Å². The van der Waals surface area contributed by atoms with Gasteiger partial charge >= 0.3 is 0 Å². The van der Waals surface area contributed by atoms with E-state index < -0.39 is 5.41 Å². The van der Waals surface area contributed by atoms with Gasteiger partial charge in [0.2, 0.25) is 5.91 Å². The molecular formula is C27H33ClN2O6. The molecular weight excluding hydrogens is 484 g/mol. The largest absolute Gasteiger partial charge is 0.493 e. The third-order valence-electron chi connectivity index (χ3n) is 6.83. The van der Waals surface area contributed by atoms with Crippen LogP contribution in [0.3, 0.4) is 0 Å². The molecule has 0 unspecified atom stereocenters. The Morgan fingerprint density at radius 3 is 2.39 bits per heavy atom. The number of piperidine rings is 1. The van der Waals surface area contributed by atoms with E-state index in [1.54, 1.807) is 44.6 Å². The van der Waals surface area contributed by atoms with Crippen LogP contribution in [0.2, 0.25) is 5.02 Å². The third kappa shape index (κ3) is 6.23. The Morgan fingerprint density at radius 2 is 1.69 bits per heavy atom. The van der Waals surface area contributed by atoms with Gasteiger partial charge in [-0.15, -0.1) is 0 Å². The Hall–Kier alpha value is -2.97. The Bertz CT molecular complexity index is 1060. The fraction of sp³-hybridized carbons (Fsp3) is 0.481. The summed E-state index contributed by atoms with van der Waals surface area (Å²) in [6.07, 6.45) is 1.86. The van der Waals surface area contributed by atoms with Gasteiger partial charge in [0.15, 0.2) is 11.5 Å². The summed E-state index contributed by atoms with van der Waals surface area (Å²) in [6.45, 7) is 3.61. The minimum atomic E-state index is -0.514. The minimum Gasteiger partial charge on any atom is -0.493 e.